The van der Waals surface area contributed by atoms with Crippen LogP contribution in [0.1, 0.15) is 33.7 Å². The van der Waals surface area contributed by atoms with E-state index in [0.29, 0.717) is 15.3 Å². The van der Waals surface area contributed by atoms with Gasteiger partial charge in [0.2, 0.25) is 5.88 Å². The molecule has 0 aliphatic carbocycles. The fraction of sp³-hybridized carbons (Fsp3) is 0.0909. The van der Waals surface area contributed by atoms with Crippen LogP contribution >= 0.6 is 24.4 Å². The van der Waals surface area contributed by atoms with Crippen LogP contribution < -0.4 is 9.47 Å². The average molecular weight is 407 g/mol. The number of aromatic amines is 2. The van der Waals surface area contributed by atoms with E-state index in [9.17, 15) is 0 Å². The van der Waals surface area contributed by atoms with E-state index in [2.05, 4.69) is 23.1 Å². The number of aromatic nitrogens is 2. The van der Waals surface area contributed by atoms with Crippen LogP contribution in [0.3, 0.4) is 0 Å². The molecule has 0 radical (unpaired) electrons. The molecule has 0 amide bonds. The number of fused-ring (bicyclic) bond motifs is 2. The highest BCUT2D eigenvalue weighted by atomic mass is 32.1. The fourth-order valence-electron chi connectivity index (χ4n) is 3.58. The van der Waals surface area contributed by atoms with Gasteiger partial charge in [0.1, 0.15) is 16.1 Å². The number of ether oxygens (including phenoxy) is 2. The molecule has 0 saturated carbocycles. The summed E-state index contributed by atoms with van der Waals surface area (Å²) in [6.45, 7) is 7.85. The Hall–Kier alpha value is -2.96. The Balaban J connectivity index is 2.04. The highest BCUT2D eigenvalue weighted by Crippen LogP contribution is 2.49. The van der Waals surface area contributed by atoms with Gasteiger partial charge in [-0.25, -0.2) is 0 Å². The summed E-state index contributed by atoms with van der Waals surface area (Å²) in [5.74, 6) is 1.94. The first-order chi connectivity index (χ1) is 13.6. The smallest absolute Gasteiger partial charge is 0.206 e. The maximum Gasteiger partial charge on any atom is 0.206 e. The lowest BCUT2D eigenvalue weighted by molar-refractivity contribution is 0.414. The zero-order chi connectivity index (χ0) is 19.8. The molecule has 0 spiro atoms. The van der Waals surface area contributed by atoms with E-state index >= 15 is 0 Å². The summed E-state index contributed by atoms with van der Waals surface area (Å²) in [6, 6.07) is 12.0. The standard InChI is InChI=1S/C22H18N2O2S2/c1-4-12-8-11-16-17(13-6-9-14(25-3)10-7-13)18-20(23-22(28)24-21(18)27)26-19(16)15(12)5-2/h4-11,17H,1-2H2,3H3,(H2,23,24,27,28). The van der Waals surface area contributed by atoms with Crippen LogP contribution in [0.25, 0.3) is 12.2 Å². The normalized spacial score (nSPS) is 14.4. The lowest BCUT2D eigenvalue weighted by atomic mass is 9.82. The fourth-order valence-corrected chi connectivity index (χ4v) is 4.15. The van der Waals surface area contributed by atoms with Crippen LogP contribution in [-0.2, 0) is 0 Å². The third-order valence-electron chi connectivity index (χ3n) is 4.88. The van der Waals surface area contributed by atoms with Gasteiger partial charge in [-0.3, -0.25) is 0 Å². The molecule has 0 fully saturated rings. The molecule has 28 heavy (non-hydrogen) atoms. The second-order valence-electron chi connectivity index (χ2n) is 6.35. The molecule has 1 aromatic heterocycles. The zero-order valence-corrected chi connectivity index (χ0v) is 16.9. The van der Waals surface area contributed by atoms with Crippen LogP contribution in [0.4, 0.5) is 0 Å². The summed E-state index contributed by atoms with van der Waals surface area (Å²) in [7, 11) is 1.65. The summed E-state index contributed by atoms with van der Waals surface area (Å²) in [5.41, 5.74) is 4.75. The molecule has 0 bridgehead atoms. The number of nitrogens with one attached hydrogen (secondary N) is 2. The Labute approximate surface area is 173 Å². The highest BCUT2D eigenvalue weighted by Gasteiger charge is 2.32. The molecule has 2 heterocycles. The first-order valence-corrected chi connectivity index (χ1v) is 9.49. The Kier molecular flexibility index (Phi) is 4.75. The van der Waals surface area contributed by atoms with E-state index in [1.54, 1.807) is 19.3 Å². The summed E-state index contributed by atoms with van der Waals surface area (Å²) in [6.07, 6.45) is 3.57. The number of H-pyrrole nitrogens is 2. The van der Waals surface area contributed by atoms with Crippen molar-refractivity contribution in [1.82, 2.24) is 9.97 Å². The summed E-state index contributed by atoms with van der Waals surface area (Å²) in [4.78, 5) is 6.14. The highest BCUT2D eigenvalue weighted by molar-refractivity contribution is 7.72. The molecule has 1 unspecified atom stereocenters. The van der Waals surface area contributed by atoms with Crippen molar-refractivity contribution in [3.8, 4) is 17.4 Å². The molecular formula is C22H18N2O2S2. The van der Waals surface area contributed by atoms with Crippen LogP contribution in [0, 0.1) is 9.41 Å². The lowest BCUT2D eigenvalue weighted by Gasteiger charge is -2.30. The largest absolute Gasteiger partial charge is 0.497 e. The van der Waals surface area contributed by atoms with Crippen molar-refractivity contribution < 1.29 is 9.47 Å². The number of methoxy groups -OCH3 is 1. The van der Waals surface area contributed by atoms with Crippen LogP contribution in [0.2, 0.25) is 0 Å². The first-order valence-electron chi connectivity index (χ1n) is 8.67. The van der Waals surface area contributed by atoms with Crippen molar-refractivity contribution >= 4 is 36.6 Å². The minimum Gasteiger partial charge on any atom is -0.497 e. The number of hydrogen-bond donors (Lipinski definition) is 2. The van der Waals surface area contributed by atoms with Gasteiger partial charge >= 0.3 is 0 Å². The summed E-state index contributed by atoms with van der Waals surface area (Å²) in [5, 5.41) is 0. The molecule has 2 N–H and O–H groups in total. The molecule has 1 aliphatic heterocycles. The molecule has 0 saturated heterocycles. The van der Waals surface area contributed by atoms with Crippen molar-refractivity contribution in [2.75, 3.05) is 7.11 Å². The van der Waals surface area contributed by atoms with E-state index in [4.69, 9.17) is 33.9 Å². The molecular weight excluding hydrogens is 388 g/mol. The molecule has 3 aromatic rings. The molecule has 4 nitrogen and oxygen atoms in total. The Bertz CT molecular complexity index is 1210. The van der Waals surface area contributed by atoms with E-state index < -0.39 is 0 Å². The minimum atomic E-state index is -0.127. The monoisotopic (exact) mass is 406 g/mol. The average Bonchev–Trinajstić information content (AvgIpc) is 2.71. The van der Waals surface area contributed by atoms with E-state index in [0.717, 1.165) is 39.3 Å². The van der Waals surface area contributed by atoms with Gasteiger partial charge < -0.3 is 19.4 Å². The Morgan fingerprint density at radius 2 is 1.79 bits per heavy atom. The summed E-state index contributed by atoms with van der Waals surface area (Å²) >= 11 is 10.9. The summed E-state index contributed by atoms with van der Waals surface area (Å²) < 4.78 is 12.5. The van der Waals surface area contributed by atoms with Gasteiger partial charge in [0.05, 0.1) is 12.7 Å². The number of hydrogen-bond acceptors (Lipinski definition) is 4. The van der Waals surface area contributed by atoms with Gasteiger partial charge in [0.15, 0.2) is 4.77 Å². The van der Waals surface area contributed by atoms with Gasteiger partial charge in [-0.2, -0.15) is 0 Å². The van der Waals surface area contributed by atoms with Crippen molar-refractivity contribution in [2.24, 2.45) is 0 Å². The van der Waals surface area contributed by atoms with E-state index in [1.165, 1.54) is 0 Å². The molecule has 2 aromatic carbocycles. The van der Waals surface area contributed by atoms with Gasteiger partial charge in [0.25, 0.3) is 0 Å². The maximum atomic E-state index is 6.25. The number of benzene rings is 2. The molecule has 4 rings (SSSR count). The van der Waals surface area contributed by atoms with Gasteiger partial charge in [-0.05, 0) is 35.5 Å². The van der Waals surface area contributed by atoms with E-state index in [1.807, 2.05) is 36.4 Å². The van der Waals surface area contributed by atoms with Gasteiger partial charge in [-0.1, -0.05) is 61.8 Å². The van der Waals surface area contributed by atoms with Gasteiger partial charge in [-0.15, -0.1) is 0 Å². The molecule has 140 valence electrons. The SMILES string of the molecule is C=Cc1ccc2c(c1C=C)Oc1[nH]c(=S)[nH]c(=S)c1C2c1ccc(OC)cc1. The van der Waals surface area contributed by atoms with Crippen molar-refractivity contribution in [2.45, 2.75) is 5.92 Å². The van der Waals surface area contributed by atoms with Crippen LogP contribution in [0.15, 0.2) is 49.6 Å². The third-order valence-corrected chi connectivity index (χ3v) is 5.41. The quantitative estimate of drug-likeness (QED) is 0.386. The Morgan fingerprint density at radius 1 is 1.04 bits per heavy atom. The van der Waals surface area contributed by atoms with Crippen molar-refractivity contribution in [1.29, 1.82) is 0 Å². The molecule has 1 aliphatic rings. The second-order valence-corrected chi connectivity index (χ2v) is 7.17. The predicted molar refractivity (Wildman–Crippen MR) is 117 cm³/mol. The van der Waals surface area contributed by atoms with Crippen molar-refractivity contribution in [3.05, 3.63) is 86.8 Å². The van der Waals surface area contributed by atoms with Crippen molar-refractivity contribution in [3.63, 3.8) is 0 Å². The second kappa shape index (κ2) is 7.22. The third kappa shape index (κ3) is 2.91. The molecule has 6 heteroatoms. The van der Waals surface area contributed by atoms with Gasteiger partial charge in [0, 0.05) is 17.0 Å². The molecule has 1 atom stereocenters. The van der Waals surface area contributed by atoms with Crippen LogP contribution in [-0.4, -0.2) is 17.1 Å². The first kappa shape index (κ1) is 18.4. The van der Waals surface area contributed by atoms with Crippen LogP contribution in [0.5, 0.6) is 17.4 Å². The minimum absolute atomic E-state index is 0.127. The zero-order valence-electron chi connectivity index (χ0n) is 15.2. The maximum absolute atomic E-state index is 6.25. The predicted octanol–water partition coefficient (Wildman–Crippen LogP) is 6.38. The number of rotatable bonds is 4. The Morgan fingerprint density at radius 3 is 2.43 bits per heavy atom. The topological polar surface area (TPSA) is 50.0 Å². The van der Waals surface area contributed by atoms with E-state index in [-0.39, 0.29) is 5.92 Å². The lowest BCUT2D eigenvalue weighted by Crippen LogP contribution is -2.15.